The van der Waals surface area contributed by atoms with Gasteiger partial charge in [-0.15, -0.1) is 0 Å². The Bertz CT molecular complexity index is 1020. The topological polar surface area (TPSA) is 61.2 Å². The summed E-state index contributed by atoms with van der Waals surface area (Å²) in [6.45, 7) is 5.47. The van der Waals surface area contributed by atoms with Crippen molar-refractivity contribution in [3.63, 3.8) is 0 Å². The Morgan fingerprint density at radius 3 is 2.48 bits per heavy atom. The lowest BCUT2D eigenvalue weighted by Crippen LogP contribution is -2.25. The minimum atomic E-state index is -0.529. The predicted octanol–water partition coefficient (Wildman–Crippen LogP) is 3.52. The molecule has 0 atom stereocenters. The molecule has 0 aliphatic heterocycles. The summed E-state index contributed by atoms with van der Waals surface area (Å²) in [4.78, 5) is 29.1. The van der Waals surface area contributed by atoms with Crippen molar-refractivity contribution in [1.29, 1.82) is 0 Å². The minimum absolute atomic E-state index is 0.108. The Kier molecular flexibility index (Phi) is 4.56. The molecule has 0 saturated heterocycles. The molecule has 0 aliphatic carbocycles. The molecule has 0 N–H and O–H groups in total. The van der Waals surface area contributed by atoms with Gasteiger partial charge in [0.1, 0.15) is 5.60 Å². The molecular formula is C19H20N2O3S. The van der Waals surface area contributed by atoms with E-state index >= 15 is 0 Å². The molecule has 2 aromatic carbocycles. The van der Waals surface area contributed by atoms with Gasteiger partial charge in [-0.05, 0) is 43.7 Å². The lowest BCUT2D eigenvalue weighted by molar-refractivity contribution is -0.151. The second kappa shape index (κ2) is 6.52. The molecule has 3 rings (SSSR count). The fraction of sp³-hybridized carbons (Fsp3) is 0.316. The Morgan fingerprint density at radius 1 is 1.20 bits per heavy atom. The van der Waals surface area contributed by atoms with Crippen LogP contribution in [0.2, 0.25) is 0 Å². The van der Waals surface area contributed by atoms with E-state index in [-0.39, 0.29) is 17.3 Å². The van der Waals surface area contributed by atoms with Crippen molar-refractivity contribution in [2.24, 2.45) is 7.05 Å². The second-order valence-electron chi connectivity index (χ2n) is 6.85. The maximum Gasteiger partial charge on any atom is 0.316 e. The number of hydrogen-bond acceptors (Lipinski definition) is 5. The summed E-state index contributed by atoms with van der Waals surface area (Å²) < 4.78 is 6.78. The lowest BCUT2D eigenvalue weighted by Gasteiger charge is -2.19. The summed E-state index contributed by atoms with van der Waals surface area (Å²) in [5.41, 5.74) is -0.0184. The van der Waals surface area contributed by atoms with Crippen molar-refractivity contribution < 1.29 is 9.53 Å². The van der Waals surface area contributed by atoms with Crippen LogP contribution in [0.3, 0.4) is 0 Å². The molecule has 0 spiro atoms. The van der Waals surface area contributed by atoms with E-state index < -0.39 is 5.60 Å². The number of esters is 1. The van der Waals surface area contributed by atoms with E-state index in [0.29, 0.717) is 16.1 Å². The van der Waals surface area contributed by atoms with Crippen LogP contribution in [0, 0.1) is 0 Å². The molecule has 1 heterocycles. The highest BCUT2D eigenvalue weighted by Gasteiger charge is 2.18. The summed E-state index contributed by atoms with van der Waals surface area (Å²) in [6, 6.07) is 11.6. The number of aromatic nitrogens is 2. The Morgan fingerprint density at radius 2 is 1.84 bits per heavy atom. The van der Waals surface area contributed by atoms with Crippen molar-refractivity contribution >= 4 is 39.4 Å². The van der Waals surface area contributed by atoms with Gasteiger partial charge in [0.25, 0.3) is 5.56 Å². The van der Waals surface area contributed by atoms with Crippen molar-refractivity contribution in [2.45, 2.75) is 31.5 Å². The third-order valence-electron chi connectivity index (χ3n) is 3.64. The van der Waals surface area contributed by atoms with Gasteiger partial charge in [-0.3, -0.25) is 14.2 Å². The lowest BCUT2D eigenvalue weighted by atomic mass is 10.1. The fourth-order valence-corrected chi connectivity index (χ4v) is 3.31. The van der Waals surface area contributed by atoms with Gasteiger partial charge in [-0.25, -0.2) is 4.98 Å². The number of carbonyl (C=O) groups is 1. The van der Waals surface area contributed by atoms with Crippen molar-refractivity contribution in [1.82, 2.24) is 9.55 Å². The molecule has 25 heavy (non-hydrogen) atoms. The molecule has 6 heteroatoms. The highest BCUT2D eigenvalue weighted by molar-refractivity contribution is 7.99. The van der Waals surface area contributed by atoms with Gasteiger partial charge in [-0.1, -0.05) is 36.0 Å². The number of thioether (sulfide) groups is 1. The maximum absolute atomic E-state index is 12.7. The minimum Gasteiger partial charge on any atom is -0.459 e. The predicted molar refractivity (Wildman–Crippen MR) is 101 cm³/mol. The zero-order valence-corrected chi connectivity index (χ0v) is 15.5. The molecule has 5 nitrogen and oxygen atoms in total. The van der Waals surface area contributed by atoms with Gasteiger partial charge in [0, 0.05) is 7.05 Å². The maximum atomic E-state index is 12.7. The summed E-state index contributed by atoms with van der Waals surface area (Å²) >= 11 is 1.21. The molecule has 0 amide bonds. The van der Waals surface area contributed by atoms with Gasteiger partial charge in [-0.2, -0.15) is 0 Å². The van der Waals surface area contributed by atoms with E-state index in [2.05, 4.69) is 4.98 Å². The van der Waals surface area contributed by atoms with E-state index in [0.717, 1.165) is 10.8 Å². The van der Waals surface area contributed by atoms with Crippen molar-refractivity contribution in [3.8, 4) is 0 Å². The summed E-state index contributed by atoms with van der Waals surface area (Å²) in [5, 5.41) is 3.10. The summed E-state index contributed by atoms with van der Waals surface area (Å²) in [5.74, 6) is -0.221. The Hall–Kier alpha value is -2.34. The van der Waals surface area contributed by atoms with Crippen LogP contribution in [0.4, 0.5) is 0 Å². The Labute approximate surface area is 150 Å². The first-order chi connectivity index (χ1) is 11.7. The quantitative estimate of drug-likeness (QED) is 0.311. The third-order valence-corrected chi connectivity index (χ3v) is 4.64. The highest BCUT2D eigenvalue weighted by atomic mass is 32.2. The van der Waals surface area contributed by atoms with Gasteiger partial charge >= 0.3 is 5.97 Å². The molecule has 0 aliphatic rings. The van der Waals surface area contributed by atoms with Gasteiger partial charge in [0.15, 0.2) is 5.16 Å². The molecule has 0 fully saturated rings. The number of carbonyl (C=O) groups excluding carboxylic acids is 1. The fourth-order valence-electron chi connectivity index (χ4n) is 2.56. The molecule has 130 valence electrons. The van der Waals surface area contributed by atoms with Crippen LogP contribution >= 0.6 is 11.8 Å². The van der Waals surface area contributed by atoms with Gasteiger partial charge < -0.3 is 4.74 Å². The van der Waals surface area contributed by atoms with Crippen LogP contribution in [-0.4, -0.2) is 26.9 Å². The molecule has 0 bridgehead atoms. The largest absolute Gasteiger partial charge is 0.459 e. The summed E-state index contributed by atoms with van der Waals surface area (Å²) in [6.07, 6.45) is 0. The number of hydrogen-bond donors (Lipinski definition) is 0. The number of rotatable bonds is 3. The molecule has 0 radical (unpaired) electrons. The number of fused-ring (bicyclic) bond motifs is 2. The molecule has 3 aromatic rings. The van der Waals surface area contributed by atoms with Crippen LogP contribution in [-0.2, 0) is 16.6 Å². The smallest absolute Gasteiger partial charge is 0.316 e. The zero-order chi connectivity index (χ0) is 18.2. The van der Waals surface area contributed by atoms with Crippen molar-refractivity contribution in [2.75, 3.05) is 5.75 Å². The first kappa shape index (κ1) is 17.5. The average Bonchev–Trinajstić information content (AvgIpc) is 2.54. The average molecular weight is 356 g/mol. The van der Waals surface area contributed by atoms with E-state index in [4.69, 9.17) is 4.74 Å². The van der Waals surface area contributed by atoms with Gasteiger partial charge in [0.2, 0.25) is 0 Å². The third kappa shape index (κ3) is 3.85. The molecular weight excluding hydrogens is 336 g/mol. The molecule has 0 saturated carbocycles. The monoisotopic (exact) mass is 356 g/mol. The van der Waals surface area contributed by atoms with Crippen LogP contribution in [0.25, 0.3) is 21.7 Å². The van der Waals surface area contributed by atoms with Gasteiger partial charge in [0.05, 0.1) is 16.7 Å². The first-order valence-electron chi connectivity index (χ1n) is 7.99. The number of benzene rings is 2. The standard InChI is InChI=1S/C19H20N2O3S/c1-19(2,3)24-16(22)11-25-18-20-15-10-13-8-6-5-7-12(13)9-14(15)17(23)21(18)4/h5-10H,11H2,1-4H3. The van der Waals surface area contributed by atoms with Crippen LogP contribution < -0.4 is 5.56 Å². The SMILES string of the molecule is Cn1c(SCC(=O)OC(C)(C)C)nc2cc3ccccc3cc2c1=O. The van der Waals surface area contributed by atoms with Crippen molar-refractivity contribution in [3.05, 3.63) is 46.8 Å². The number of nitrogens with zero attached hydrogens (tertiary/aromatic N) is 2. The Balaban J connectivity index is 1.96. The van der Waals surface area contributed by atoms with Crippen LogP contribution in [0.15, 0.2) is 46.3 Å². The van der Waals surface area contributed by atoms with E-state index in [1.807, 2.05) is 57.2 Å². The first-order valence-corrected chi connectivity index (χ1v) is 8.97. The molecule has 1 aromatic heterocycles. The van der Waals surface area contributed by atoms with E-state index in [1.54, 1.807) is 7.05 Å². The highest BCUT2D eigenvalue weighted by Crippen LogP contribution is 2.22. The normalized spacial score (nSPS) is 11.8. The van der Waals surface area contributed by atoms with E-state index in [1.165, 1.54) is 16.3 Å². The molecule has 0 unspecified atom stereocenters. The number of ether oxygens (including phenoxy) is 1. The van der Waals surface area contributed by atoms with Crippen LogP contribution in [0.5, 0.6) is 0 Å². The zero-order valence-electron chi connectivity index (χ0n) is 14.7. The van der Waals surface area contributed by atoms with E-state index in [9.17, 15) is 9.59 Å². The second-order valence-corrected chi connectivity index (χ2v) is 7.79. The van der Waals surface area contributed by atoms with Crippen LogP contribution in [0.1, 0.15) is 20.8 Å². The summed E-state index contributed by atoms with van der Waals surface area (Å²) in [7, 11) is 1.67.